The summed E-state index contributed by atoms with van der Waals surface area (Å²) in [5.41, 5.74) is 0.758. The van der Waals surface area contributed by atoms with Crippen LogP contribution in [0.3, 0.4) is 0 Å². The van der Waals surface area contributed by atoms with Crippen LogP contribution in [0.15, 0.2) is 54.6 Å². The number of nitrogens with zero attached hydrogens (tertiary/aromatic N) is 2. The fourth-order valence-corrected chi connectivity index (χ4v) is 3.57. The molecule has 1 heterocycles. The molecule has 1 saturated heterocycles. The summed E-state index contributed by atoms with van der Waals surface area (Å²) >= 11 is 0. The number of piperazine rings is 1. The number of carboxylic acid groups (broad SMARTS) is 1. The fraction of sp³-hybridized carbons (Fsp3) is 0.364. The van der Waals surface area contributed by atoms with E-state index in [1.54, 1.807) is 11.8 Å². The molecule has 1 aliphatic heterocycles. The van der Waals surface area contributed by atoms with Gasteiger partial charge in [0, 0.05) is 12.2 Å². The zero-order chi connectivity index (χ0) is 20.3. The van der Waals surface area contributed by atoms with E-state index in [1.165, 1.54) is 4.90 Å². The number of rotatable bonds is 5. The first-order valence-electron chi connectivity index (χ1n) is 9.48. The maximum Gasteiger partial charge on any atom is 0.408 e. The number of anilines is 1. The van der Waals surface area contributed by atoms with Gasteiger partial charge in [-0.15, -0.1) is 0 Å². The summed E-state index contributed by atoms with van der Waals surface area (Å²) in [6, 6.07) is 17.0. The Morgan fingerprint density at radius 1 is 1.18 bits per heavy atom. The Kier molecular flexibility index (Phi) is 5.58. The summed E-state index contributed by atoms with van der Waals surface area (Å²) in [5.74, 6) is 0.518. The van der Waals surface area contributed by atoms with E-state index < -0.39 is 11.6 Å². The van der Waals surface area contributed by atoms with Crippen molar-refractivity contribution < 1.29 is 19.4 Å². The third kappa shape index (κ3) is 3.67. The van der Waals surface area contributed by atoms with Crippen molar-refractivity contribution in [3.63, 3.8) is 0 Å². The second-order valence-corrected chi connectivity index (χ2v) is 7.31. The van der Waals surface area contributed by atoms with Gasteiger partial charge < -0.3 is 14.7 Å². The highest BCUT2D eigenvalue weighted by Crippen LogP contribution is 2.33. The highest BCUT2D eigenvalue weighted by Gasteiger charge is 2.49. The third-order valence-corrected chi connectivity index (χ3v) is 5.45. The second kappa shape index (κ2) is 7.92. The molecule has 6 heteroatoms. The Bertz CT molecular complexity index is 837. The van der Waals surface area contributed by atoms with Crippen LogP contribution in [0.4, 0.5) is 10.5 Å². The zero-order valence-corrected chi connectivity index (χ0v) is 16.5. The molecule has 2 aromatic carbocycles. The molecule has 0 saturated carbocycles. The lowest BCUT2D eigenvalue weighted by Gasteiger charge is -2.49. The number of hydrogen-bond acceptors (Lipinski definition) is 3. The monoisotopic (exact) mass is 382 g/mol. The predicted octanol–water partition coefficient (Wildman–Crippen LogP) is 4.15. The van der Waals surface area contributed by atoms with Gasteiger partial charge in [0.15, 0.2) is 0 Å². The molecule has 1 fully saturated rings. The molecule has 2 atom stereocenters. The number of hydrogen-bond donors (Lipinski definition) is 1. The van der Waals surface area contributed by atoms with Crippen LogP contribution in [0.2, 0.25) is 0 Å². The minimum atomic E-state index is -1.07. The molecular formula is C22H26N2O4. The highest BCUT2D eigenvalue weighted by atomic mass is 16.5. The first-order chi connectivity index (χ1) is 13.4. The Hall–Kier alpha value is -3.02. The molecule has 0 aliphatic carbocycles. The summed E-state index contributed by atoms with van der Waals surface area (Å²) in [4.78, 5) is 27.8. The van der Waals surface area contributed by atoms with Crippen LogP contribution in [-0.4, -0.2) is 40.1 Å². The molecule has 28 heavy (non-hydrogen) atoms. The van der Waals surface area contributed by atoms with Crippen LogP contribution < -0.4 is 9.64 Å². The molecule has 0 aromatic heterocycles. The average Bonchev–Trinajstić information content (AvgIpc) is 2.70. The van der Waals surface area contributed by atoms with Crippen LogP contribution in [-0.2, 0) is 11.4 Å². The maximum atomic E-state index is 13.2. The highest BCUT2D eigenvalue weighted by molar-refractivity contribution is 6.03. The number of ether oxygens (including phenoxy) is 1. The lowest BCUT2D eigenvalue weighted by molar-refractivity contribution is -0.132. The lowest BCUT2D eigenvalue weighted by atomic mass is 9.89. The average molecular weight is 382 g/mol. The van der Waals surface area contributed by atoms with Crippen molar-refractivity contribution in [2.45, 2.75) is 45.4 Å². The predicted molar refractivity (Wildman–Crippen MR) is 108 cm³/mol. The quantitative estimate of drug-likeness (QED) is 0.843. The molecule has 3 rings (SSSR count). The van der Waals surface area contributed by atoms with Gasteiger partial charge in [0.05, 0.1) is 6.04 Å². The largest absolute Gasteiger partial charge is 0.489 e. The van der Waals surface area contributed by atoms with Crippen molar-refractivity contribution in [1.29, 1.82) is 0 Å². The van der Waals surface area contributed by atoms with Gasteiger partial charge in [-0.25, -0.2) is 4.79 Å². The molecule has 2 aromatic rings. The molecule has 0 radical (unpaired) electrons. The minimum Gasteiger partial charge on any atom is -0.489 e. The zero-order valence-electron chi connectivity index (χ0n) is 16.5. The smallest absolute Gasteiger partial charge is 0.408 e. The summed E-state index contributed by atoms with van der Waals surface area (Å²) in [6.45, 7) is 6.14. The van der Waals surface area contributed by atoms with Gasteiger partial charge in [0.2, 0.25) is 0 Å². The molecule has 1 N–H and O–H groups in total. The van der Waals surface area contributed by atoms with Gasteiger partial charge >= 0.3 is 6.09 Å². The molecule has 1 aliphatic rings. The molecule has 0 bridgehead atoms. The van der Waals surface area contributed by atoms with Gasteiger partial charge in [0.25, 0.3) is 5.91 Å². The number of amides is 2. The van der Waals surface area contributed by atoms with Crippen molar-refractivity contribution in [3.8, 4) is 5.75 Å². The standard InChI is InChI=1S/C22H26N2O4/c1-4-22(3)20(25)24(16(2)14-23(22)21(26)27)18-10-12-19(13-11-18)28-15-17-8-6-5-7-9-17/h5-13,16H,4,14-15H2,1-3H3,(H,26,27). The molecule has 2 amide bonds. The Morgan fingerprint density at radius 2 is 1.82 bits per heavy atom. The maximum absolute atomic E-state index is 13.2. The number of carbonyl (C=O) groups is 2. The molecule has 148 valence electrons. The first-order valence-corrected chi connectivity index (χ1v) is 9.48. The van der Waals surface area contributed by atoms with Gasteiger partial charge in [-0.2, -0.15) is 0 Å². The van der Waals surface area contributed by atoms with Crippen molar-refractivity contribution in [2.75, 3.05) is 11.4 Å². The molecular weight excluding hydrogens is 356 g/mol. The lowest BCUT2D eigenvalue weighted by Crippen LogP contribution is -2.68. The first kappa shape index (κ1) is 19.7. The van der Waals surface area contributed by atoms with E-state index in [1.807, 2.05) is 68.4 Å². The number of benzene rings is 2. The van der Waals surface area contributed by atoms with Crippen molar-refractivity contribution >= 4 is 17.7 Å². The van der Waals surface area contributed by atoms with Gasteiger partial charge in [-0.1, -0.05) is 37.3 Å². The topological polar surface area (TPSA) is 70.1 Å². The van der Waals surface area contributed by atoms with Crippen LogP contribution in [0.5, 0.6) is 5.75 Å². The van der Waals surface area contributed by atoms with E-state index in [0.717, 1.165) is 17.0 Å². The second-order valence-electron chi connectivity index (χ2n) is 7.31. The van der Waals surface area contributed by atoms with Crippen molar-refractivity contribution in [1.82, 2.24) is 4.90 Å². The Labute approximate surface area is 165 Å². The van der Waals surface area contributed by atoms with E-state index >= 15 is 0 Å². The SMILES string of the molecule is CCC1(C)C(=O)N(c2ccc(OCc3ccccc3)cc2)C(C)CN1C(=O)O. The summed E-state index contributed by atoms with van der Waals surface area (Å²) in [7, 11) is 0. The van der Waals surface area contributed by atoms with E-state index in [-0.39, 0.29) is 18.5 Å². The van der Waals surface area contributed by atoms with Crippen molar-refractivity contribution in [2.24, 2.45) is 0 Å². The fourth-order valence-electron chi connectivity index (χ4n) is 3.57. The minimum absolute atomic E-state index is 0.200. The van der Waals surface area contributed by atoms with Crippen molar-refractivity contribution in [3.05, 3.63) is 60.2 Å². The Balaban J connectivity index is 1.77. The molecule has 2 unspecified atom stereocenters. The molecule has 0 spiro atoms. The van der Waals surface area contributed by atoms with Crippen LogP contribution in [0.25, 0.3) is 0 Å². The normalized spacial score (nSPS) is 22.2. The molecule has 6 nitrogen and oxygen atoms in total. The summed E-state index contributed by atoms with van der Waals surface area (Å²) in [5, 5.41) is 9.53. The summed E-state index contributed by atoms with van der Waals surface area (Å²) < 4.78 is 5.81. The third-order valence-electron chi connectivity index (χ3n) is 5.45. The number of carbonyl (C=O) groups excluding carboxylic acids is 1. The van der Waals surface area contributed by atoms with E-state index in [4.69, 9.17) is 4.74 Å². The van der Waals surface area contributed by atoms with Gasteiger partial charge in [-0.3, -0.25) is 9.69 Å². The van der Waals surface area contributed by atoms with Crippen LogP contribution >= 0.6 is 0 Å². The van der Waals surface area contributed by atoms with E-state index in [9.17, 15) is 14.7 Å². The Morgan fingerprint density at radius 3 is 2.39 bits per heavy atom. The van der Waals surface area contributed by atoms with E-state index in [0.29, 0.717) is 13.0 Å². The van der Waals surface area contributed by atoms with Crippen LogP contribution in [0.1, 0.15) is 32.8 Å². The van der Waals surface area contributed by atoms with Gasteiger partial charge in [0.1, 0.15) is 17.9 Å². The summed E-state index contributed by atoms with van der Waals surface area (Å²) in [6.07, 6.45) is -0.645. The van der Waals surface area contributed by atoms with Crippen LogP contribution in [0, 0.1) is 0 Å². The van der Waals surface area contributed by atoms with Gasteiger partial charge in [-0.05, 0) is 50.1 Å². The van der Waals surface area contributed by atoms with E-state index in [2.05, 4.69) is 0 Å².